The lowest BCUT2D eigenvalue weighted by Gasteiger charge is -2.22. The van der Waals surface area contributed by atoms with Crippen molar-refractivity contribution in [1.29, 1.82) is 0 Å². The lowest BCUT2D eigenvalue weighted by molar-refractivity contribution is 0.165. The van der Waals surface area contributed by atoms with Gasteiger partial charge < -0.3 is 10.0 Å². The second-order valence-corrected chi connectivity index (χ2v) is 6.09. The average Bonchev–Trinajstić information content (AvgIpc) is 3.08. The molecule has 0 atom stereocenters. The van der Waals surface area contributed by atoms with Crippen molar-refractivity contribution in [2.24, 2.45) is 5.41 Å². The third kappa shape index (κ3) is 3.54. The fourth-order valence-electron chi connectivity index (χ4n) is 2.21. The van der Waals surface area contributed by atoms with Gasteiger partial charge in [0, 0.05) is 29.6 Å². The minimum absolute atomic E-state index is 0.225. The van der Waals surface area contributed by atoms with Crippen molar-refractivity contribution in [2.75, 3.05) is 26.7 Å². The number of aliphatic hydroxyl groups excluding tert-OH is 1. The summed E-state index contributed by atoms with van der Waals surface area (Å²) in [6.07, 6.45) is 3.42. The van der Waals surface area contributed by atoms with E-state index in [2.05, 4.69) is 46.1 Å². The molecule has 1 N–H and O–H groups in total. The first-order valence-electron chi connectivity index (χ1n) is 6.18. The SMILES string of the molecule is CN(CCc1ccccc1Br)CC1(CO)CC1. The molecule has 1 aromatic rings. The van der Waals surface area contributed by atoms with Gasteiger partial charge in [-0.15, -0.1) is 0 Å². The second kappa shape index (κ2) is 5.51. The maximum atomic E-state index is 9.30. The third-order valence-electron chi connectivity index (χ3n) is 3.62. The van der Waals surface area contributed by atoms with E-state index in [-0.39, 0.29) is 5.41 Å². The Hall–Kier alpha value is -0.380. The number of hydrogen-bond donors (Lipinski definition) is 1. The zero-order chi connectivity index (χ0) is 12.3. The Morgan fingerprint density at radius 1 is 1.35 bits per heavy atom. The highest BCUT2D eigenvalue weighted by Gasteiger charge is 2.42. The van der Waals surface area contributed by atoms with Gasteiger partial charge in [0.1, 0.15) is 0 Å². The summed E-state index contributed by atoms with van der Waals surface area (Å²) in [6.45, 7) is 2.41. The van der Waals surface area contributed by atoms with Crippen LogP contribution in [-0.2, 0) is 6.42 Å². The number of benzene rings is 1. The fourth-order valence-corrected chi connectivity index (χ4v) is 2.69. The van der Waals surface area contributed by atoms with Crippen molar-refractivity contribution in [3.05, 3.63) is 34.3 Å². The van der Waals surface area contributed by atoms with Crippen LogP contribution < -0.4 is 0 Å². The molecule has 17 heavy (non-hydrogen) atoms. The molecule has 0 bridgehead atoms. The summed E-state index contributed by atoms with van der Waals surface area (Å²) in [5.74, 6) is 0. The lowest BCUT2D eigenvalue weighted by Crippen LogP contribution is -2.30. The summed E-state index contributed by atoms with van der Waals surface area (Å²) in [4.78, 5) is 2.34. The average molecular weight is 298 g/mol. The Morgan fingerprint density at radius 2 is 2.06 bits per heavy atom. The molecule has 1 aliphatic rings. The van der Waals surface area contributed by atoms with E-state index < -0.39 is 0 Å². The molecule has 94 valence electrons. The maximum absolute atomic E-state index is 9.30. The van der Waals surface area contributed by atoms with E-state index in [0.717, 1.165) is 19.5 Å². The molecule has 3 heteroatoms. The van der Waals surface area contributed by atoms with Gasteiger partial charge in [0.25, 0.3) is 0 Å². The number of hydrogen-bond acceptors (Lipinski definition) is 2. The zero-order valence-electron chi connectivity index (χ0n) is 10.3. The first-order valence-corrected chi connectivity index (χ1v) is 6.97. The minimum Gasteiger partial charge on any atom is -0.396 e. The molecule has 1 saturated carbocycles. The van der Waals surface area contributed by atoms with Crippen LogP contribution in [0.2, 0.25) is 0 Å². The number of nitrogens with zero attached hydrogens (tertiary/aromatic N) is 1. The first kappa shape index (κ1) is 13.1. The fraction of sp³-hybridized carbons (Fsp3) is 0.571. The molecule has 0 heterocycles. The molecule has 1 aliphatic carbocycles. The van der Waals surface area contributed by atoms with Crippen molar-refractivity contribution >= 4 is 15.9 Å². The van der Waals surface area contributed by atoms with Crippen molar-refractivity contribution in [2.45, 2.75) is 19.3 Å². The van der Waals surface area contributed by atoms with Crippen LogP contribution in [0.5, 0.6) is 0 Å². The molecule has 0 amide bonds. The molecular weight excluding hydrogens is 278 g/mol. The number of halogens is 1. The summed E-state index contributed by atoms with van der Waals surface area (Å²) in [5, 5.41) is 9.30. The Kier molecular flexibility index (Phi) is 4.23. The van der Waals surface area contributed by atoms with Gasteiger partial charge in [0.15, 0.2) is 0 Å². The highest BCUT2D eigenvalue weighted by atomic mass is 79.9. The molecular formula is C14H20BrNO. The van der Waals surface area contributed by atoms with E-state index in [4.69, 9.17) is 0 Å². The summed E-state index contributed by atoms with van der Waals surface area (Å²) < 4.78 is 1.19. The van der Waals surface area contributed by atoms with Gasteiger partial charge in [-0.3, -0.25) is 0 Å². The van der Waals surface area contributed by atoms with Crippen LogP contribution in [-0.4, -0.2) is 36.8 Å². The number of likely N-dealkylation sites (N-methyl/N-ethyl adjacent to an activating group) is 1. The van der Waals surface area contributed by atoms with Crippen LogP contribution in [0, 0.1) is 5.41 Å². The lowest BCUT2D eigenvalue weighted by atomic mass is 10.1. The molecule has 0 spiro atoms. The number of rotatable bonds is 6. The monoisotopic (exact) mass is 297 g/mol. The molecule has 0 saturated heterocycles. The zero-order valence-corrected chi connectivity index (χ0v) is 11.9. The first-order chi connectivity index (χ1) is 8.15. The van der Waals surface area contributed by atoms with Gasteiger partial charge in [0.05, 0.1) is 0 Å². The molecule has 2 rings (SSSR count). The van der Waals surface area contributed by atoms with Crippen molar-refractivity contribution in [3.8, 4) is 0 Å². The van der Waals surface area contributed by atoms with Crippen LogP contribution in [0.1, 0.15) is 18.4 Å². The van der Waals surface area contributed by atoms with Gasteiger partial charge >= 0.3 is 0 Å². The van der Waals surface area contributed by atoms with Crippen LogP contribution in [0.15, 0.2) is 28.7 Å². The standard InChI is InChI=1S/C14H20BrNO/c1-16(10-14(11-17)7-8-14)9-6-12-4-2-3-5-13(12)15/h2-5,17H,6-11H2,1H3. The quantitative estimate of drug-likeness (QED) is 0.873. The van der Waals surface area contributed by atoms with Crippen LogP contribution >= 0.6 is 15.9 Å². The van der Waals surface area contributed by atoms with Crippen LogP contribution in [0.3, 0.4) is 0 Å². The molecule has 0 radical (unpaired) electrons. The Balaban J connectivity index is 1.80. The predicted octanol–water partition coefficient (Wildman–Crippen LogP) is 2.70. The summed E-state index contributed by atoms with van der Waals surface area (Å²) in [6, 6.07) is 8.38. The third-order valence-corrected chi connectivity index (χ3v) is 4.39. The van der Waals surface area contributed by atoms with E-state index >= 15 is 0 Å². The van der Waals surface area contributed by atoms with Gasteiger partial charge in [-0.1, -0.05) is 34.1 Å². The highest BCUT2D eigenvalue weighted by Crippen LogP contribution is 2.45. The maximum Gasteiger partial charge on any atom is 0.0499 e. The molecule has 1 aromatic carbocycles. The van der Waals surface area contributed by atoms with Gasteiger partial charge in [-0.05, 0) is 37.9 Å². The van der Waals surface area contributed by atoms with Gasteiger partial charge in [-0.2, -0.15) is 0 Å². The Morgan fingerprint density at radius 3 is 2.65 bits per heavy atom. The summed E-state index contributed by atoms with van der Waals surface area (Å²) >= 11 is 3.58. The summed E-state index contributed by atoms with van der Waals surface area (Å²) in [7, 11) is 2.15. The van der Waals surface area contributed by atoms with Crippen molar-refractivity contribution in [3.63, 3.8) is 0 Å². The van der Waals surface area contributed by atoms with Gasteiger partial charge in [0.2, 0.25) is 0 Å². The smallest absolute Gasteiger partial charge is 0.0499 e. The van der Waals surface area contributed by atoms with Crippen molar-refractivity contribution in [1.82, 2.24) is 4.90 Å². The normalized spacial score (nSPS) is 17.4. The molecule has 0 aromatic heterocycles. The van der Waals surface area contributed by atoms with Crippen molar-refractivity contribution < 1.29 is 5.11 Å². The van der Waals surface area contributed by atoms with Crippen LogP contribution in [0.4, 0.5) is 0 Å². The van der Waals surface area contributed by atoms with Crippen LogP contribution in [0.25, 0.3) is 0 Å². The molecule has 0 unspecified atom stereocenters. The Bertz CT molecular complexity index is 376. The minimum atomic E-state index is 0.225. The number of aliphatic hydroxyl groups is 1. The second-order valence-electron chi connectivity index (χ2n) is 5.24. The van der Waals surface area contributed by atoms with E-state index in [1.807, 2.05) is 6.07 Å². The van der Waals surface area contributed by atoms with E-state index in [1.165, 1.54) is 22.9 Å². The van der Waals surface area contributed by atoms with Gasteiger partial charge in [-0.25, -0.2) is 0 Å². The van der Waals surface area contributed by atoms with E-state index in [9.17, 15) is 5.11 Å². The van der Waals surface area contributed by atoms with E-state index in [0.29, 0.717) is 6.61 Å². The highest BCUT2D eigenvalue weighted by molar-refractivity contribution is 9.10. The Labute approximate surface area is 112 Å². The predicted molar refractivity (Wildman–Crippen MR) is 74.1 cm³/mol. The molecule has 0 aliphatic heterocycles. The topological polar surface area (TPSA) is 23.5 Å². The molecule has 2 nitrogen and oxygen atoms in total. The molecule has 1 fully saturated rings. The summed E-state index contributed by atoms with van der Waals surface area (Å²) in [5.41, 5.74) is 1.58. The van der Waals surface area contributed by atoms with E-state index in [1.54, 1.807) is 0 Å². The largest absolute Gasteiger partial charge is 0.396 e.